The molecule has 1 aliphatic rings. The fraction of sp³-hybridized carbons (Fsp3) is 0.250. The minimum absolute atomic E-state index is 0.111. The summed E-state index contributed by atoms with van der Waals surface area (Å²) in [7, 11) is 0. The molecule has 0 saturated heterocycles. The predicted octanol–water partition coefficient (Wildman–Crippen LogP) is 3.63. The molecule has 0 bridgehead atoms. The Morgan fingerprint density at radius 1 is 1.37 bits per heavy atom. The lowest BCUT2D eigenvalue weighted by atomic mass is 10.0. The smallest absolute Gasteiger partial charge is 0.163 e. The summed E-state index contributed by atoms with van der Waals surface area (Å²) in [6.07, 6.45) is 1.79. The van der Waals surface area contributed by atoms with Crippen LogP contribution in [-0.4, -0.2) is 33.2 Å². The quantitative estimate of drug-likeness (QED) is 0.670. The summed E-state index contributed by atoms with van der Waals surface area (Å²) >= 11 is 0. The van der Waals surface area contributed by atoms with E-state index in [1.807, 2.05) is 6.07 Å². The van der Waals surface area contributed by atoms with Crippen LogP contribution >= 0.6 is 0 Å². The van der Waals surface area contributed by atoms with E-state index in [1.54, 1.807) is 24.4 Å². The Morgan fingerprint density at radius 2 is 2.22 bits per heavy atom. The lowest BCUT2D eigenvalue weighted by Gasteiger charge is -2.16. The van der Waals surface area contributed by atoms with Gasteiger partial charge in [0.25, 0.3) is 0 Å². The van der Waals surface area contributed by atoms with Crippen LogP contribution in [0.5, 0.6) is 17.2 Å². The van der Waals surface area contributed by atoms with E-state index in [0.29, 0.717) is 23.5 Å². The first-order valence-corrected chi connectivity index (χ1v) is 8.69. The molecule has 0 saturated carbocycles. The van der Waals surface area contributed by atoms with E-state index in [9.17, 15) is 9.90 Å². The summed E-state index contributed by atoms with van der Waals surface area (Å²) in [6.45, 7) is 4.43. The number of carbonyl (C=O) groups excluding carboxylic acids is 1. The highest BCUT2D eigenvalue weighted by Crippen LogP contribution is 2.41. The zero-order valence-electron chi connectivity index (χ0n) is 15.0. The number of pyridine rings is 1. The van der Waals surface area contributed by atoms with E-state index >= 15 is 0 Å². The molecule has 7 nitrogen and oxygen atoms in total. The Hall–Kier alpha value is -3.35. The van der Waals surface area contributed by atoms with Crippen LogP contribution in [-0.2, 0) is 0 Å². The van der Waals surface area contributed by atoms with Crippen molar-refractivity contribution in [2.24, 2.45) is 0 Å². The molecule has 0 amide bonds. The molecule has 0 spiro atoms. The number of rotatable bonds is 5. The number of phenols is 1. The average Bonchev–Trinajstić information content (AvgIpc) is 3.30. The molecule has 1 aliphatic heterocycles. The molecule has 27 heavy (non-hydrogen) atoms. The average molecular weight is 365 g/mol. The minimum atomic E-state index is -0.463. The van der Waals surface area contributed by atoms with Crippen LogP contribution in [0.4, 0.5) is 0 Å². The minimum Gasteiger partial charge on any atom is -0.507 e. The van der Waals surface area contributed by atoms with Crippen LogP contribution in [0.15, 0.2) is 36.5 Å². The Kier molecular flexibility index (Phi) is 4.27. The van der Waals surface area contributed by atoms with Crippen LogP contribution in [0.25, 0.3) is 11.4 Å². The SMILES string of the molecule is CC(C)c1cc(-c2nccc3c2[C@@H](Oc2cccc(O)c2C=O)CO3)[nH]n1. The van der Waals surface area contributed by atoms with Crippen molar-refractivity contribution in [1.82, 2.24) is 15.2 Å². The van der Waals surface area contributed by atoms with Crippen molar-refractivity contribution in [3.8, 4) is 28.6 Å². The molecule has 0 unspecified atom stereocenters. The first-order valence-electron chi connectivity index (χ1n) is 8.69. The van der Waals surface area contributed by atoms with Crippen molar-refractivity contribution in [1.29, 1.82) is 0 Å². The second-order valence-electron chi connectivity index (χ2n) is 6.66. The predicted molar refractivity (Wildman–Crippen MR) is 98.3 cm³/mol. The normalized spacial score (nSPS) is 15.4. The van der Waals surface area contributed by atoms with Crippen molar-refractivity contribution >= 4 is 6.29 Å². The topological polar surface area (TPSA) is 97.3 Å². The van der Waals surface area contributed by atoms with E-state index < -0.39 is 6.10 Å². The van der Waals surface area contributed by atoms with Gasteiger partial charge in [0.2, 0.25) is 0 Å². The Bertz CT molecular complexity index is 997. The van der Waals surface area contributed by atoms with Gasteiger partial charge in [-0.25, -0.2) is 0 Å². The van der Waals surface area contributed by atoms with Crippen LogP contribution in [0.2, 0.25) is 0 Å². The molecule has 4 rings (SSSR count). The number of benzene rings is 1. The summed E-state index contributed by atoms with van der Waals surface area (Å²) in [5, 5.41) is 17.2. The number of nitrogens with zero attached hydrogens (tertiary/aromatic N) is 2. The molecular formula is C20H19N3O4. The van der Waals surface area contributed by atoms with Gasteiger partial charge in [0.1, 0.15) is 23.9 Å². The standard InChI is InChI=1S/C20H19N3O4/c1-11(2)13-8-14(23-22-13)20-19-17(6-7-21-20)26-10-18(19)27-16-5-3-4-15(25)12(16)9-24/h3-9,11,18,25H,10H2,1-2H3,(H,22,23)/t18-/m0/s1. The van der Waals surface area contributed by atoms with E-state index in [0.717, 1.165) is 17.0 Å². The molecule has 7 heteroatoms. The number of H-pyrrole nitrogens is 1. The van der Waals surface area contributed by atoms with Gasteiger partial charge in [0, 0.05) is 6.20 Å². The molecule has 0 radical (unpaired) electrons. The van der Waals surface area contributed by atoms with Gasteiger partial charge < -0.3 is 14.6 Å². The number of aromatic nitrogens is 3. The number of hydrogen-bond acceptors (Lipinski definition) is 6. The maximum absolute atomic E-state index is 11.3. The van der Waals surface area contributed by atoms with Gasteiger partial charge in [0.05, 0.1) is 28.2 Å². The Balaban J connectivity index is 1.73. The number of aromatic amines is 1. The largest absolute Gasteiger partial charge is 0.507 e. The third kappa shape index (κ3) is 3.01. The zero-order chi connectivity index (χ0) is 19.0. The second kappa shape index (κ2) is 6.75. The Morgan fingerprint density at radius 3 is 2.96 bits per heavy atom. The van der Waals surface area contributed by atoms with Crippen LogP contribution in [0.3, 0.4) is 0 Å². The molecule has 0 aliphatic carbocycles. The van der Waals surface area contributed by atoms with E-state index in [2.05, 4.69) is 29.0 Å². The van der Waals surface area contributed by atoms with Gasteiger partial charge in [-0.2, -0.15) is 5.10 Å². The number of carbonyl (C=O) groups is 1. The maximum atomic E-state index is 11.3. The van der Waals surface area contributed by atoms with Gasteiger partial charge in [-0.3, -0.25) is 14.9 Å². The van der Waals surface area contributed by atoms with Gasteiger partial charge >= 0.3 is 0 Å². The number of aldehydes is 1. The summed E-state index contributed by atoms with van der Waals surface area (Å²) < 4.78 is 11.8. The van der Waals surface area contributed by atoms with Crippen molar-refractivity contribution in [2.45, 2.75) is 25.9 Å². The summed E-state index contributed by atoms with van der Waals surface area (Å²) in [5.41, 5.74) is 3.32. The van der Waals surface area contributed by atoms with E-state index in [1.165, 1.54) is 6.07 Å². The van der Waals surface area contributed by atoms with Crippen LogP contribution < -0.4 is 9.47 Å². The van der Waals surface area contributed by atoms with E-state index in [4.69, 9.17) is 9.47 Å². The molecule has 138 valence electrons. The number of nitrogens with one attached hydrogen (secondary N) is 1. The van der Waals surface area contributed by atoms with Crippen LogP contribution in [0.1, 0.15) is 47.5 Å². The number of aromatic hydroxyl groups is 1. The Labute approximate surface area is 156 Å². The first kappa shape index (κ1) is 17.1. The summed E-state index contributed by atoms with van der Waals surface area (Å²) in [6, 6.07) is 8.46. The highest BCUT2D eigenvalue weighted by atomic mass is 16.5. The molecule has 2 aromatic heterocycles. The van der Waals surface area contributed by atoms with Gasteiger partial charge in [-0.05, 0) is 30.2 Å². The molecular weight excluding hydrogens is 346 g/mol. The van der Waals surface area contributed by atoms with Crippen molar-refractivity contribution < 1.29 is 19.4 Å². The summed E-state index contributed by atoms with van der Waals surface area (Å²) in [4.78, 5) is 15.8. The van der Waals surface area contributed by atoms with Gasteiger partial charge in [-0.1, -0.05) is 19.9 Å². The monoisotopic (exact) mass is 365 g/mol. The number of fused-ring (bicyclic) bond motifs is 1. The molecule has 0 fully saturated rings. The molecule has 3 aromatic rings. The van der Waals surface area contributed by atoms with Crippen molar-refractivity contribution in [3.63, 3.8) is 0 Å². The third-order valence-corrected chi connectivity index (χ3v) is 4.54. The second-order valence-corrected chi connectivity index (χ2v) is 6.66. The first-order chi connectivity index (χ1) is 13.1. The number of phenolic OH excluding ortho intramolecular Hbond substituents is 1. The lowest BCUT2D eigenvalue weighted by Crippen LogP contribution is -2.11. The highest BCUT2D eigenvalue weighted by molar-refractivity contribution is 5.83. The summed E-state index contributed by atoms with van der Waals surface area (Å²) in [5.74, 6) is 1.15. The van der Waals surface area contributed by atoms with Gasteiger partial charge in [0.15, 0.2) is 12.4 Å². The van der Waals surface area contributed by atoms with E-state index in [-0.39, 0.29) is 23.8 Å². The molecule has 2 N–H and O–H groups in total. The lowest BCUT2D eigenvalue weighted by molar-refractivity contribution is 0.110. The fourth-order valence-electron chi connectivity index (χ4n) is 3.11. The van der Waals surface area contributed by atoms with Crippen molar-refractivity contribution in [3.05, 3.63) is 53.3 Å². The fourth-order valence-corrected chi connectivity index (χ4v) is 3.11. The third-order valence-electron chi connectivity index (χ3n) is 4.54. The molecule has 3 heterocycles. The molecule has 1 atom stereocenters. The highest BCUT2D eigenvalue weighted by Gasteiger charge is 2.31. The molecule has 1 aromatic carbocycles. The number of hydrogen-bond donors (Lipinski definition) is 2. The number of ether oxygens (including phenoxy) is 2. The van der Waals surface area contributed by atoms with Crippen LogP contribution in [0, 0.1) is 0 Å². The van der Waals surface area contributed by atoms with Crippen molar-refractivity contribution in [2.75, 3.05) is 6.61 Å². The van der Waals surface area contributed by atoms with Gasteiger partial charge in [-0.15, -0.1) is 0 Å². The maximum Gasteiger partial charge on any atom is 0.163 e. The zero-order valence-corrected chi connectivity index (χ0v) is 15.0.